The molecule has 2 rings (SSSR count). The van der Waals surface area contributed by atoms with E-state index in [4.69, 9.17) is 16.1 Å². The minimum Gasteiger partial charge on any atom is -0.370 e. The average molecular weight is 295 g/mol. The second-order valence-electron chi connectivity index (χ2n) is 4.24. The predicted molar refractivity (Wildman–Crippen MR) is 77.2 cm³/mol. The first-order valence-electron chi connectivity index (χ1n) is 6.25. The molecule has 20 heavy (non-hydrogen) atoms. The molecule has 2 heterocycles. The monoisotopic (exact) mass is 294 g/mol. The Labute approximate surface area is 121 Å². The summed E-state index contributed by atoms with van der Waals surface area (Å²) in [5, 5.41) is 9.63. The van der Waals surface area contributed by atoms with E-state index in [-0.39, 0.29) is 16.6 Å². The Morgan fingerprint density at radius 1 is 1.45 bits per heavy atom. The molecule has 0 atom stereocenters. The molecule has 6 nitrogen and oxygen atoms in total. The molecule has 2 N–H and O–H groups in total. The van der Waals surface area contributed by atoms with Crippen LogP contribution in [0.4, 0.5) is 11.7 Å². The number of halogens is 1. The van der Waals surface area contributed by atoms with Crippen molar-refractivity contribution < 1.29 is 9.32 Å². The van der Waals surface area contributed by atoms with E-state index >= 15 is 0 Å². The van der Waals surface area contributed by atoms with Crippen LogP contribution in [0.15, 0.2) is 22.7 Å². The Hall–Kier alpha value is -2.08. The zero-order valence-corrected chi connectivity index (χ0v) is 12.0. The molecule has 0 bridgehead atoms. The Morgan fingerprint density at radius 2 is 2.25 bits per heavy atom. The van der Waals surface area contributed by atoms with E-state index in [2.05, 4.69) is 20.8 Å². The number of carbonyl (C=O) groups excluding carboxylic acids is 1. The quantitative estimate of drug-likeness (QED) is 0.885. The van der Waals surface area contributed by atoms with E-state index in [0.29, 0.717) is 11.5 Å². The first-order chi connectivity index (χ1) is 9.60. The van der Waals surface area contributed by atoms with Crippen LogP contribution in [0.5, 0.6) is 0 Å². The number of aryl methyl sites for hydroxylation is 1. The Morgan fingerprint density at radius 3 is 2.90 bits per heavy atom. The van der Waals surface area contributed by atoms with Crippen LogP contribution in [0.25, 0.3) is 0 Å². The third kappa shape index (κ3) is 3.48. The number of anilines is 2. The molecule has 0 aliphatic heterocycles. The topological polar surface area (TPSA) is 80.0 Å². The Kier molecular flexibility index (Phi) is 4.57. The van der Waals surface area contributed by atoms with Crippen molar-refractivity contribution in [2.45, 2.75) is 20.3 Å². The van der Waals surface area contributed by atoms with Crippen LogP contribution in [0.2, 0.25) is 5.02 Å². The van der Waals surface area contributed by atoms with Crippen LogP contribution in [0.3, 0.4) is 0 Å². The van der Waals surface area contributed by atoms with Gasteiger partial charge in [0.15, 0.2) is 0 Å². The van der Waals surface area contributed by atoms with E-state index < -0.39 is 5.91 Å². The fourth-order valence-corrected chi connectivity index (χ4v) is 1.74. The highest BCUT2D eigenvalue weighted by Crippen LogP contribution is 2.18. The molecule has 2 aromatic rings. The summed E-state index contributed by atoms with van der Waals surface area (Å²) in [4.78, 5) is 16.3. The molecule has 2 aromatic heterocycles. The third-order valence-electron chi connectivity index (χ3n) is 2.48. The average Bonchev–Trinajstić information content (AvgIpc) is 2.83. The van der Waals surface area contributed by atoms with Crippen LogP contribution in [-0.2, 0) is 0 Å². The smallest absolute Gasteiger partial charge is 0.278 e. The molecule has 0 saturated heterocycles. The maximum Gasteiger partial charge on any atom is 0.278 e. The number of nitrogens with zero attached hydrogens (tertiary/aromatic N) is 2. The number of carbonyl (C=O) groups is 1. The van der Waals surface area contributed by atoms with Gasteiger partial charge in [-0.3, -0.25) is 10.1 Å². The zero-order valence-electron chi connectivity index (χ0n) is 11.2. The van der Waals surface area contributed by atoms with E-state index in [0.717, 1.165) is 13.0 Å². The second kappa shape index (κ2) is 6.38. The summed E-state index contributed by atoms with van der Waals surface area (Å²) in [6, 6.07) is 4.98. The minimum atomic E-state index is -0.439. The molecular weight excluding hydrogens is 280 g/mol. The van der Waals surface area contributed by atoms with Gasteiger partial charge in [0.2, 0.25) is 5.88 Å². The highest BCUT2D eigenvalue weighted by Gasteiger charge is 2.15. The number of amides is 1. The molecule has 106 valence electrons. The molecular formula is C13H15ClN4O2. The van der Waals surface area contributed by atoms with Gasteiger partial charge < -0.3 is 9.84 Å². The highest BCUT2D eigenvalue weighted by molar-refractivity contribution is 6.34. The van der Waals surface area contributed by atoms with Gasteiger partial charge >= 0.3 is 0 Å². The molecule has 0 aliphatic carbocycles. The minimum absolute atomic E-state index is 0.141. The summed E-state index contributed by atoms with van der Waals surface area (Å²) in [5.41, 5.74) is 0.819. The van der Waals surface area contributed by atoms with Gasteiger partial charge in [0.25, 0.3) is 5.91 Å². The van der Waals surface area contributed by atoms with Gasteiger partial charge in [0.1, 0.15) is 11.5 Å². The first kappa shape index (κ1) is 14.3. The van der Waals surface area contributed by atoms with Gasteiger partial charge in [0.05, 0.1) is 10.7 Å². The summed E-state index contributed by atoms with van der Waals surface area (Å²) < 4.78 is 4.92. The standard InChI is InChI=1S/C13H15ClN4O2/c1-3-6-15-10-5-4-9(14)12(16-10)13(19)17-11-7-8(2)18-20-11/h4-5,7H,3,6H2,1-2H3,(H,15,16)(H,17,19). The number of hydrogen-bond acceptors (Lipinski definition) is 5. The number of rotatable bonds is 5. The molecule has 0 spiro atoms. The fraction of sp³-hybridized carbons (Fsp3) is 0.308. The van der Waals surface area contributed by atoms with Gasteiger partial charge in [-0.25, -0.2) is 4.98 Å². The van der Waals surface area contributed by atoms with Gasteiger partial charge in [-0.2, -0.15) is 0 Å². The Bertz CT molecular complexity index is 612. The molecule has 0 saturated carbocycles. The molecule has 0 radical (unpaired) electrons. The fourth-order valence-electron chi connectivity index (χ4n) is 1.55. The molecule has 0 aromatic carbocycles. The lowest BCUT2D eigenvalue weighted by atomic mass is 10.3. The molecule has 0 fully saturated rings. The SMILES string of the molecule is CCCNc1ccc(Cl)c(C(=O)Nc2cc(C)no2)n1. The first-order valence-corrected chi connectivity index (χ1v) is 6.63. The zero-order chi connectivity index (χ0) is 14.5. The van der Waals surface area contributed by atoms with Crippen molar-refractivity contribution in [3.63, 3.8) is 0 Å². The van der Waals surface area contributed by atoms with E-state index in [1.165, 1.54) is 0 Å². The molecule has 0 aliphatic rings. The summed E-state index contributed by atoms with van der Waals surface area (Å²) in [6.07, 6.45) is 0.961. The van der Waals surface area contributed by atoms with Crippen molar-refractivity contribution >= 4 is 29.2 Å². The third-order valence-corrected chi connectivity index (χ3v) is 2.79. The number of hydrogen-bond donors (Lipinski definition) is 2. The van der Waals surface area contributed by atoms with Crippen molar-refractivity contribution in [1.82, 2.24) is 10.1 Å². The van der Waals surface area contributed by atoms with Crippen molar-refractivity contribution in [2.75, 3.05) is 17.2 Å². The normalized spacial score (nSPS) is 10.3. The molecule has 0 unspecified atom stereocenters. The van der Waals surface area contributed by atoms with Crippen molar-refractivity contribution in [3.8, 4) is 0 Å². The lowest BCUT2D eigenvalue weighted by Crippen LogP contribution is -2.15. The van der Waals surface area contributed by atoms with Crippen LogP contribution >= 0.6 is 11.6 Å². The Balaban J connectivity index is 2.15. The lowest BCUT2D eigenvalue weighted by molar-refractivity contribution is 0.101. The van der Waals surface area contributed by atoms with Gasteiger partial charge in [-0.1, -0.05) is 23.7 Å². The highest BCUT2D eigenvalue weighted by atomic mass is 35.5. The predicted octanol–water partition coefficient (Wildman–Crippen LogP) is 3.11. The van der Waals surface area contributed by atoms with Crippen LogP contribution in [0, 0.1) is 6.92 Å². The van der Waals surface area contributed by atoms with E-state index in [1.807, 2.05) is 6.92 Å². The van der Waals surface area contributed by atoms with E-state index in [9.17, 15) is 4.79 Å². The van der Waals surface area contributed by atoms with Crippen molar-refractivity contribution in [3.05, 3.63) is 34.6 Å². The summed E-state index contributed by atoms with van der Waals surface area (Å²) in [7, 11) is 0. The summed E-state index contributed by atoms with van der Waals surface area (Å²) in [6.45, 7) is 4.58. The van der Waals surface area contributed by atoms with Crippen molar-refractivity contribution in [1.29, 1.82) is 0 Å². The number of pyridine rings is 1. The summed E-state index contributed by atoms with van der Waals surface area (Å²) >= 11 is 6.00. The lowest BCUT2D eigenvalue weighted by Gasteiger charge is -2.07. The second-order valence-corrected chi connectivity index (χ2v) is 4.65. The summed E-state index contributed by atoms with van der Waals surface area (Å²) in [5.74, 6) is 0.429. The van der Waals surface area contributed by atoms with E-state index in [1.54, 1.807) is 25.1 Å². The van der Waals surface area contributed by atoms with Crippen LogP contribution in [-0.4, -0.2) is 22.6 Å². The maximum absolute atomic E-state index is 12.1. The van der Waals surface area contributed by atoms with Gasteiger partial charge in [0, 0.05) is 12.6 Å². The maximum atomic E-state index is 12.1. The van der Waals surface area contributed by atoms with Crippen LogP contribution in [0.1, 0.15) is 29.5 Å². The number of aromatic nitrogens is 2. The van der Waals surface area contributed by atoms with Gasteiger partial charge in [-0.05, 0) is 25.5 Å². The van der Waals surface area contributed by atoms with Crippen LogP contribution < -0.4 is 10.6 Å². The van der Waals surface area contributed by atoms with Gasteiger partial charge in [-0.15, -0.1) is 0 Å². The van der Waals surface area contributed by atoms with Crippen molar-refractivity contribution in [2.24, 2.45) is 0 Å². The molecule has 7 heteroatoms. The largest absolute Gasteiger partial charge is 0.370 e. The number of nitrogens with one attached hydrogen (secondary N) is 2. The molecule has 1 amide bonds.